The monoisotopic (exact) mass is 152 g/mol. The molecule has 5 nitrogen and oxygen atoms in total. The quantitative estimate of drug-likeness (QED) is 0.335. The fourth-order valence-electron chi connectivity index (χ4n) is 0.0481. The van der Waals surface area contributed by atoms with Crippen molar-refractivity contribution in [3.63, 3.8) is 0 Å². The summed E-state index contributed by atoms with van der Waals surface area (Å²) in [5.74, 6) is 0. The van der Waals surface area contributed by atoms with Gasteiger partial charge in [0.1, 0.15) is 0 Å². The summed E-state index contributed by atoms with van der Waals surface area (Å²) in [6, 6.07) is 0. The van der Waals surface area contributed by atoms with Gasteiger partial charge in [-0.3, -0.25) is 0 Å². The molecule has 0 fully saturated rings. The van der Waals surface area contributed by atoms with E-state index in [1.807, 2.05) is 0 Å². The van der Waals surface area contributed by atoms with E-state index in [2.05, 4.69) is 9.39 Å². The maximum atomic E-state index is 9.82. The summed E-state index contributed by atoms with van der Waals surface area (Å²) in [5.41, 5.74) is 0. The van der Waals surface area contributed by atoms with Crippen LogP contribution in [0.1, 0.15) is 0 Å². The van der Waals surface area contributed by atoms with E-state index in [4.69, 9.17) is 12.8 Å². The fourth-order valence-corrected chi connectivity index (χ4v) is 0.0481. The highest BCUT2D eigenvalue weighted by atomic mass is 16.7. The van der Waals surface area contributed by atoms with E-state index in [0.717, 1.165) is 7.11 Å². The van der Waals surface area contributed by atoms with Gasteiger partial charge < -0.3 is 19.5 Å². The first-order valence-corrected chi connectivity index (χ1v) is 1.96. The molecule has 0 aromatic heterocycles. The molecule has 2 N–H and O–H groups in total. The molecule has 0 aliphatic carbocycles. The van der Waals surface area contributed by atoms with Crippen LogP contribution < -0.4 is 0 Å². The number of aliphatic hydroxyl groups excluding tert-OH is 1. The number of carbonyl (C=O) groups is 1. The highest BCUT2D eigenvalue weighted by molar-refractivity contribution is 6.04. The number of carbonyl (C=O) groups excluding carboxylic acids is 1. The molecule has 0 unspecified atom stereocenters. The van der Waals surface area contributed by atoms with Gasteiger partial charge in [-0.25, -0.2) is 4.79 Å². The molecule has 0 saturated carbocycles. The predicted molar refractivity (Wildman–Crippen MR) is 38.1 cm³/mol. The molecular formula is C3H10B2O5. The number of aliphatic hydroxyl groups is 1. The molecule has 0 heterocycles. The zero-order chi connectivity index (χ0) is 10.4. The molecule has 0 aliphatic heterocycles. The first-order valence-electron chi connectivity index (χ1n) is 3.12. The van der Waals surface area contributed by atoms with Crippen molar-refractivity contribution in [3.05, 3.63) is 0 Å². The molecule has 0 rings (SSSR count). The van der Waals surface area contributed by atoms with Gasteiger partial charge in [0, 0.05) is 9.78 Å². The van der Waals surface area contributed by atoms with E-state index in [0.29, 0.717) is 8.01 Å². The van der Waals surface area contributed by atoms with Crippen LogP contribution in [0.4, 0.5) is 4.79 Å². The number of hydrogen-bond acceptors (Lipinski definition) is 5. The Kier molecular flexibility index (Phi) is 22.3. The molecule has 7 heteroatoms. The Bertz CT molecular complexity index is 85.1. The van der Waals surface area contributed by atoms with Gasteiger partial charge in [0.05, 0.1) is 7.11 Å². The summed E-state index contributed by atoms with van der Waals surface area (Å²) in [7, 11) is 2.93. The molecule has 0 aliphatic rings. The van der Waals surface area contributed by atoms with E-state index < -0.39 is 6.16 Å². The van der Waals surface area contributed by atoms with E-state index in [9.17, 15) is 4.79 Å². The summed E-state index contributed by atoms with van der Waals surface area (Å²) in [6.07, 6.45) is -0.866. The molecule has 10 heavy (non-hydrogen) atoms. The Balaban J connectivity index is -0.000000137. The SMILES string of the molecule is CO.[3H][B]O.[3H][B]OC(=O)OC. The number of methoxy groups -OCH3 is 1. The van der Waals surface area contributed by atoms with E-state index >= 15 is 0 Å². The van der Waals surface area contributed by atoms with Crippen LogP contribution in [-0.4, -0.2) is 49.2 Å². The third kappa shape index (κ3) is 26.5. The first-order chi connectivity index (χ1) is 5.72. The van der Waals surface area contributed by atoms with Crippen LogP contribution in [0.25, 0.3) is 0 Å². The van der Waals surface area contributed by atoms with Gasteiger partial charge >= 0.3 is 14.2 Å². The number of ether oxygens (including phenoxy) is 1. The van der Waals surface area contributed by atoms with Crippen molar-refractivity contribution in [2.75, 3.05) is 14.2 Å². The molecule has 2 radical (unpaired) electrons. The first kappa shape index (κ1) is 9.32. The Morgan fingerprint density at radius 2 is 2.10 bits per heavy atom. The van der Waals surface area contributed by atoms with Gasteiger partial charge in [-0.1, -0.05) is 0 Å². The van der Waals surface area contributed by atoms with E-state index in [-0.39, 0.29) is 8.01 Å². The summed E-state index contributed by atoms with van der Waals surface area (Å²) >= 11 is 0. The largest absolute Gasteiger partial charge is 0.512 e. The van der Waals surface area contributed by atoms with Crippen molar-refractivity contribution in [2.45, 2.75) is 0 Å². The van der Waals surface area contributed by atoms with Crippen LogP contribution in [0.2, 0.25) is 0 Å². The maximum Gasteiger partial charge on any atom is 0.489 e. The second-order valence-electron chi connectivity index (χ2n) is 0.572. The Labute approximate surface area is 64.5 Å². The third-order valence-corrected chi connectivity index (χ3v) is 0.263. The summed E-state index contributed by atoms with van der Waals surface area (Å²) in [5, 5.41) is 14.1. The lowest BCUT2D eigenvalue weighted by atomic mass is 10.6. The molecule has 0 spiro atoms. The molecular weight excluding hydrogens is 138 g/mol. The van der Waals surface area contributed by atoms with Crippen LogP contribution in [0.15, 0.2) is 0 Å². The summed E-state index contributed by atoms with van der Waals surface area (Å²) < 4.78 is 19.7. The molecule has 0 atom stereocenters. The average molecular weight is 152 g/mol. The number of hydrogen-bond donors (Lipinski definition) is 2. The summed E-state index contributed by atoms with van der Waals surface area (Å²) in [4.78, 5) is 9.82. The van der Waals surface area contributed by atoms with Crippen molar-refractivity contribution in [1.29, 1.82) is 2.67 Å². The molecule has 0 amide bonds. The van der Waals surface area contributed by atoms with Gasteiger partial charge in [0.15, 0.2) is 0 Å². The van der Waals surface area contributed by atoms with Crippen molar-refractivity contribution in [1.82, 2.24) is 0 Å². The van der Waals surface area contributed by atoms with Crippen LogP contribution in [-0.2, 0) is 9.39 Å². The normalized spacial score (nSPS) is 7.20. The highest BCUT2D eigenvalue weighted by Crippen LogP contribution is 1.71. The van der Waals surface area contributed by atoms with Gasteiger partial charge in [-0.05, 0) is 0 Å². The van der Waals surface area contributed by atoms with Gasteiger partial charge in [0.2, 0.25) is 0 Å². The third-order valence-electron chi connectivity index (χ3n) is 0.263. The molecule has 58 valence electrons. The minimum Gasteiger partial charge on any atom is -0.512 e. The zero-order valence-electron chi connectivity index (χ0n) is 7.77. The van der Waals surface area contributed by atoms with Gasteiger partial charge in [-0.2, -0.15) is 0 Å². The molecule has 0 bridgehead atoms. The highest BCUT2D eigenvalue weighted by Gasteiger charge is 1.88. The zero-order valence-corrected chi connectivity index (χ0v) is 5.77. The number of rotatable bonds is 1. The van der Waals surface area contributed by atoms with Crippen LogP contribution in [0.5, 0.6) is 0 Å². The van der Waals surface area contributed by atoms with Crippen molar-refractivity contribution in [2.24, 2.45) is 0 Å². The standard InChI is InChI=1S/C2H4BO3.CH4O.BH2O/c1-5-2(4)6-3;2*1-2/h3H,1H3;2H,1H3;1-2H/i3T;;1T. The average Bonchev–Trinajstić information content (AvgIpc) is 2.10. The molecule has 0 saturated heterocycles. The van der Waals surface area contributed by atoms with Crippen LogP contribution in [0.3, 0.4) is 0 Å². The van der Waals surface area contributed by atoms with Gasteiger partial charge in [0.25, 0.3) is 8.01 Å². The second kappa shape index (κ2) is 23.9. The predicted octanol–water partition coefficient (Wildman–Crippen LogP) is -2.01. The Morgan fingerprint density at radius 1 is 1.70 bits per heavy atom. The Morgan fingerprint density at radius 3 is 2.20 bits per heavy atom. The minimum absolute atomic E-state index is 0.250. The smallest absolute Gasteiger partial charge is 0.489 e. The lowest BCUT2D eigenvalue weighted by Gasteiger charge is -1.90. The van der Waals surface area contributed by atoms with Crippen molar-refractivity contribution >= 4 is 22.2 Å². The Hall–Kier alpha value is -0.680. The molecule has 0 aromatic carbocycles. The topological polar surface area (TPSA) is 76.0 Å². The van der Waals surface area contributed by atoms with Crippen LogP contribution in [0, 0.1) is 0 Å². The van der Waals surface area contributed by atoms with Crippen molar-refractivity contribution < 1.29 is 24.3 Å². The second-order valence-corrected chi connectivity index (χ2v) is 0.572. The summed E-state index contributed by atoms with van der Waals surface area (Å²) in [6.45, 7) is 0. The fraction of sp³-hybridized carbons (Fsp3) is 0.667. The van der Waals surface area contributed by atoms with E-state index in [1.165, 1.54) is 7.11 Å². The van der Waals surface area contributed by atoms with Crippen molar-refractivity contribution in [3.8, 4) is 0 Å². The maximum absolute atomic E-state index is 9.82. The minimum atomic E-state index is -0.866. The van der Waals surface area contributed by atoms with Gasteiger partial charge in [-0.15, -0.1) is 0 Å². The lowest BCUT2D eigenvalue weighted by Crippen LogP contribution is -1.99. The lowest BCUT2D eigenvalue weighted by molar-refractivity contribution is 0.125. The molecule has 0 aromatic rings. The van der Waals surface area contributed by atoms with Crippen LogP contribution >= 0.6 is 0 Å². The van der Waals surface area contributed by atoms with E-state index in [1.54, 1.807) is 0 Å².